The van der Waals surface area contributed by atoms with Gasteiger partial charge in [-0.3, -0.25) is 0 Å². The quantitative estimate of drug-likeness (QED) is 0.862. The predicted molar refractivity (Wildman–Crippen MR) is 76.1 cm³/mol. The van der Waals surface area contributed by atoms with Crippen molar-refractivity contribution in [3.05, 3.63) is 68.7 Å². The summed E-state index contributed by atoms with van der Waals surface area (Å²) in [5.74, 6) is -0.806. The number of hydrogen-bond acceptors (Lipinski definition) is 1. The van der Waals surface area contributed by atoms with Gasteiger partial charge in [0.15, 0.2) is 0 Å². The molecule has 0 spiro atoms. The number of rotatable bonds is 3. The molecule has 1 nitrogen and oxygen atoms in total. The molecule has 2 N–H and O–H groups in total. The molecule has 19 heavy (non-hydrogen) atoms. The second kappa shape index (κ2) is 5.99. The van der Waals surface area contributed by atoms with Crippen LogP contribution in [0, 0.1) is 11.6 Å². The van der Waals surface area contributed by atoms with Crippen LogP contribution in [-0.2, 0) is 6.42 Å². The zero-order valence-corrected chi connectivity index (χ0v) is 12.2. The Morgan fingerprint density at radius 3 is 2.53 bits per heavy atom. The second-order valence-corrected chi connectivity index (χ2v) is 5.58. The maximum Gasteiger partial charge on any atom is 0.141 e. The fourth-order valence-corrected chi connectivity index (χ4v) is 2.55. The minimum atomic E-state index is -0.480. The number of benzene rings is 2. The average Bonchev–Trinajstić information content (AvgIpc) is 2.31. The molecule has 0 saturated heterocycles. The molecule has 0 aromatic heterocycles. The van der Waals surface area contributed by atoms with Crippen molar-refractivity contribution in [1.29, 1.82) is 0 Å². The summed E-state index contributed by atoms with van der Waals surface area (Å²) in [7, 11) is 0. The van der Waals surface area contributed by atoms with Crippen molar-refractivity contribution in [2.45, 2.75) is 12.5 Å². The summed E-state index contributed by atoms with van der Waals surface area (Å²) < 4.78 is 27.0. The molecule has 0 aliphatic rings. The van der Waals surface area contributed by atoms with Crippen LogP contribution < -0.4 is 5.73 Å². The van der Waals surface area contributed by atoms with Crippen molar-refractivity contribution in [1.82, 2.24) is 0 Å². The molecule has 0 heterocycles. The highest BCUT2D eigenvalue weighted by Crippen LogP contribution is 2.23. The van der Waals surface area contributed by atoms with Crippen LogP contribution in [0.3, 0.4) is 0 Å². The van der Waals surface area contributed by atoms with Gasteiger partial charge in [-0.15, -0.1) is 0 Å². The molecule has 0 aliphatic carbocycles. The van der Waals surface area contributed by atoms with Gasteiger partial charge in [0.05, 0.1) is 5.02 Å². The van der Waals surface area contributed by atoms with Gasteiger partial charge in [-0.25, -0.2) is 8.78 Å². The van der Waals surface area contributed by atoms with E-state index in [0.717, 1.165) is 5.56 Å². The van der Waals surface area contributed by atoms with E-state index < -0.39 is 5.82 Å². The van der Waals surface area contributed by atoms with Gasteiger partial charge < -0.3 is 5.73 Å². The van der Waals surface area contributed by atoms with E-state index in [1.807, 2.05) is 0 Å². The van der Waals surface area contributed by atoms with Crippen LogP contribution in [0.2, 0.25) is 5.02 Å². The molecule has 100 valence electrons. The molecule has 0 bridgehead atoms. The van der Waals surface area contributed by atoms with E-state index in [0.29, 0.717) is 16.5 Å². The SMILES string of the molecule is NC(Cc1cc(F)cc(Br)c1)c1ccc(F)c(Cl)c1. The Balaban J connectivity index is 2.20. The highest BCUT2D eigenvalue weighted by atomic mass is 79.9. The van der Waals surface area contributed by atoms with Crippen molar-refractivity contribution < 1.29 is 8.78 Å². The lowest BCUT2D eigenvalue weighted by Crippen LogP contribution is -2.13. The molecule has 0 amide bonds. The van der Waals surface area contributed by atoms with E-state index in [1.54, 1.807) is 12.1 Å². The standard InChI is InChI=1S/C14H11BrClF2N/c15-10-3-8(4-11(17)7-10)5-14(19)9-1-2-13(18)12(16)6-9/h1-4,6-7,14H,5,19H2. The van der Waals surface area contributed by atoms with Gasteiger partial charge in [0.2, 0.25) is 0 Å². The first-order chi connectivity index (χ1) is 8.95. The van der Waals surface area contributed by atoms with E-state index in [9.17, 15) is 8.78 Å². The Hall–Kier alpha value is -0.970. The van der Waals surface area contributed by atoms with E-state index in [-0.39, 0.29) is 16.9 Å². The number of halogens is 4. The number of hydrogen-bond donors (Lipinski definition) is 1. The van der Waals surface area contributed by atoms with E-state index in [4.69, 9.17) is 17.3 Å². The van der Waals surface area contributed by atoms with Gasteiger partial charge in [-0.1, -0.05) is 33.6 Å². The highest BCUT2D eigenvalue weighted by molar-refractivity contribution is 9.10. The molecule has 0 radical (unpaired) electrons. The first-order valence-electron chi connectivity index (χ1n) is 5.61. The molecule has 0 aliphatic heterocycles. The largest absolute Gasteiger partial charge is 0.324 e. The lowest BCUT2D eigenvalue weighted by Gasteiger charge is -2.13. The molecular weight excluding hydrogens is 336 g/mol. The zero-order chi connectivity index (χ0) is 14.0. The topological polar surface area (TPSA) is 26.0 Å². The van der Waals surface area contributed by atoms with Gasteiger partial charge in [0, 0.05) is 10.5 Å². The molecule has 0 fully saturated rings. The van der Waals surface area contributed by atoms with Crippen LogP contribution in [0.15, 0.2) is 40.9 Å². The summed E-state index contributed by atoms with van der Waals surface area (Å²) in [5, 5.41) is 0.0355. The molecule has 2 aromatic rings. The summed E-state index contributed by atoms with van der Waals surface area (Å²) in [6.07, 6.45) is 0.443. The summed E-state index contributed by atoms with van der Waals surface area (Å²) in [6.45, 7) is 0. The summed E-state index contributed by atoms with van der Waals surface area (Å²) in [5.41, 5.74) is 7.51. The second-order valence-electron chi connectivity index (χ2n) is 4.26. The van der Waals surface area contributed by atoms with Crippen molar-refractivity contribution >= 4 is 27.5 Å². The van der Waals surface area contributed by atoms with Gasteiger partial charge in [-0.05, 0) is 47.9 Å². The molecule has 1 atom stereocenters. The van der Waals surface area contributed by atoms with E-state index >= 15 is 0 Å². The van der Waals surface area contributed by atoms with E-state index in [1.165, 1.54) is 24.3 Å². The predicted octanol–water partition coefficient (Wildman–Crippen LogP) is 4.62. The van der Waals surface area contributed by atoms with Crippen LogP contribution in [-0.4, -0.2) is 0 Å². The van der Waals surface area contributed by atoms with Gasteiger partial charge >= 0.3 is 0 Å². The molecule has 2 rings (SSSR count). The Bertz CT molecular complexity index is 584. The lowest BCUT2D eigenvalue weighted by molar-refractivity contribution is 0.619. The van der Waals surface area contributed by atoms with Crippen molar-refractivity contribution in [3.63, 3.8) is 0 Å². The maximum atomic E-state index is 13.3. The van der Waals surface area contributed by atoms with Crippen molar-refractivity contribution in [3.8, 4) is 0 Å². The van der Waals surface area contributed by atoms with Crippen LogP contribution >= 0.6 is 27.5 Å². The minimum absolute atomic E-state index is 0.0355. The van der Waals surface area contributed by atoms with Gasteiger partial charge in [-0.2, -0.15) is 0 Å². The maximum absolute atomic E-state index is 13.3. The third kappa shape index (κ3) is 3.75. The molecule has 5 heteroatoms. The fraction of sp³-hybridized carbons (Fsp3) is 0.143. The first kappa shape index (κ1) is 14.4. The molecule has 1 unspecified atom stereocenters. The Labute approximate surface area is 123 Å². The zero-order valence-electron chi connectivity index (χ0n) is 9.84. The Morgan fingerprint density at radius 1 is 1.16 bits per heavy atom. The molecule has 0 saturated carbocycles. The molecule has 2 aromatic carbocycles. The van der Waals surface area contributed by atoms with Crippen LogP contribution in [0.25, 0.3) is 0 Å². The first-order valence-corrected chi connectivity index (χ1v) is 6.78. The highest BCUT2D eigenvalue weighted by Gasteiger charge is 2.11. The average molecular weight is 347 g/mol. The summed E-state index contributed by atoms with van der Waals surface area (Å²) in [6, 6.07) is 8.59. The third-order valence-corrected chi connectivity index (χ3v) is 3.50. The van der Waals surface area contributed by atoms with Crippen LogP contribution in [0.4, 0.5) is 8.78 Å². The summed E-state index contributed by atoms with van der Waals surface area (Å²) >= 11 is 8.94. The fourth-order valence-electron chi connectivity index (χ4n) is 1.84. The van der Waals surface area contributed by atoms with E-state index in [2.05, 4.69) is 15.9 Å². The lowest BCUT2D eigenvalue weighted by atomic mass is 9.99. The van der Waals surface area contributed by atoms with Gasteiger partial charge in [0.25, 0.3) is 0 Å². The molecular formula is C14H11BrClF2N. The van der Waals surface area contributed by atoms with Crippen LogP contribution in [0.5, 0.6) is 0 Å². The van der Waals surface area contributed by atoms with Crippen molar-refractivity contribution in [2.24, 2.45) is 5.73 Å². The third-order valence-electron chi connectivity index (χ3n) is 2.75. The monoisotopic (exact) mass is 345 g/mol. The van der Waals surface area contributed by atoms with Crippen molar-refractivity contribution in [2.75, 3.05) is 0 Å². The number of nitrogens with two attached hydrogens (primary N) is 1. The van der Waals surface area contributed by atoms with Gasteiger partial charge in [0.1, 0.15) is 11.6 Å². The Morgan fingerprint density at radius 2 is 1.89 bits per heavy atom. The van der Waals surface area contributed by atoms with Crippen LogP contribution in [0.1, 0.15) is 17.2 Å². The Kier molecular flexibility index (Phi) is 4.55. The normalized spacial score (nSPS) is 12.5. The summed E-state index contributed by atoms with van der Waals surface area (Å²) in [4.78, 5) is 0. The minimum Gasteiger partial charge on any atom is -0.324 e. The smallest absolute Gasteiger partial charge is 0.141 e.